The molecule has 0 spiro atoms. The largest absolute Gasteiger partial charge is 0.455 e. The number of fused-ring (bicyclic) bond motifs is 2. The van der Waals surface area contributed by atoms with E-state index in [9.17, 15) is 4.79 Å². The van der Waals surface area contributed by atoms with Gasteiger partial charge in [-0.3, -0.25) is 4.79 Å². The fraction of sp³-hybridized carbons (Fsp3) is 0.348. The van der Waals surface area contributed by atoms with E-state index in [1.807, 2.05) is 30.3 Å². The van der Waals surface area contributed by atoms with Gasteiger partial charge in [-0.1, -0.05) is 55.8 Å². The Bertz CT molecular complexity index is 906. The van der Waals surface area contributed by atoms with Gasteiger partial charge in [0.15, 0.2) is 5.75 Å². The van der Waals surface area contributed by atoms with Crippen molar-refractivity contribution in [2.45, 2.75) is 33.1 Å². The highest BCUT2D eigenvalue weighted by molar-refractivity contribution is 6.31. The predicted molar refractivity (Wildman–Crippen MR) is 109 cm³/mol. The molecule has 1 N–H and O–H groups in total. The lowest BCUT2D eigenvalue weighted by atomic mass is 9.68. The lowest BCUT2D eigenvalue weighted by Crippen LogP contribution is -2.37. The summed E-state index contributed by atoms with van der Waals surface area (Å²) in [5, 5.41) is 3.64. The molecule has 0 saturated heterocycles. The van der Waals surface area contributed by atoms with Crippen molar-refractivity contribution in [1.29, 1.82) is 0 Å². The van der Waals surface area contributed by atoms with Crippen molar-refractivity contribution >= 4 is 23.2 Å². The average Bonchev–Trinajstić information content (AvgIpc) is 3.18. The summed E-state index contributed by atoms with van der Waals surface area (Å²) in [6.45, 7) is 8.73. The van der Waals surface area contributed by atoms with Crippen LogP contribution in [0.15, 0.2) is 60.7 Å². The molecule has 2 aliphatic carbocycles. The summed E-state index contributed by atoms with van der Waals surface area (Å²) in [6, 6.07) is 14.8. The molecule has 2 bridgehead atoms. The molecule has 2 saturated carbocycles. The number of carbonyl (C=O) groups is 1. The Kier molecular flexibility index (Phi) is 4.31. The first-order chi connectivity index (χ1) is 12.8. The number of benzene rings is 2. The molecule has 2 aromatic carbocycles. The van der Waals surface area contributed by atoms with Crippen LogP contribution in [0.2, 0.25) is 5.02 Å². The fourth-order valence-electron chi connectivity index (χ4n) is 4.69. The number of amides is 1. The Labute approximate surface area is 165 Å². The van der Waals surface area contributed by atoms with E-state index in [0.29, 0.717) is 28.1 Å². The van der Waals surface area contributed by atoms with E-state index in [4.69, 9.17) is 16.3 Å². The van der Waals surface area contributed by atoms with Gasteiger partial charge in [0.2, 0.25) is 5.91 Å². The Morgan fingerprint density at radius 2 is 1.96 bits per heavy atom. The molecule has 1 amide bonds. The summed E-state index contributed by atoms with van der Waals surface area (Å²) in [7, 11) is 0. The molecule has 2 atom stereocenters. The molecule has 27 heavy (non-hydrogen) atoms. The van der Waals surface area contributed by atoms with Crippen LogP contribution in [0.5, 0.6) is 11.5 Å². The highest BCUT2D eigenvalue weighted by atomic mass is 35.5. The number of para-hydroxylation sites is 1. The minimum atomic E-state index is -0.486. The van der Waals surface area contributed by atoms with Crippen LogP contribution in [0.25, 0.3) is 0 Å². The summed E-state index contributed by atoms with van der Waals surface area (Å²) in [5.41, 5.74) is 1.16. The summed E-state index contributed by atoms with van der Waals surface area (Å²) < 4.78 is 5.98. The maximum atomic E-state index is 13.3. The van der Waals surface area contributed by atoms with Gasteiger partial charge in [0, 0.05) is 5.02 Å². The highest BCUT2D eigenvalue weighted by Gasteiger charge is 2.60. The first kappa shape index (κ1) is 18.1. The van der Waals surface area contributed by atoms with Gasteiger partial charge in [-0.05, 0) is 60.9 Å². The number of hydrogen-bond donors (Lipinski definition) is 1. The van der Waals surface area contributed by atoms with Crippen LogP contribution in [0, 0.1) is 16.7 Å². The molecule has 0 aromatic heterocycles. The molecule has 0 heterocycles. The van der Waals surface area contributed by atoms with Crippen molar-refractivity contribution in [2.24, 2.45) is 16.7 Å². The smallest absolute Gasteiger partial charge is 0.234 e. The van der Waals surface area contributed by atoms with Gasteiger partial charge in [-0.25, -0.2) is 0 Å². The first-order valence-electron chi connectivity index (χ1n) is 9.37. The third-order valence-electron chi connectivity index (χ3n) is 6.49. The number of hydrogen-bond acceptors (Lipinski definition) is 2. The van der Waals surface area contributed by atoms with E-state index in [-0.39, 0.29) is 11.3 Å². The Morgan fingerprint density at radius 3 is 2.63 bits per heavy atom. The molecule has 4 rings (SSSR count). The number of rotatable bonds is 4. The predicted octanol–water partition coefficient (Wildman–Crippen LogP) is 6.45. The molecule has 3 nitrogen and oxygen atoms in total. The van der Waals surface area contributed by atoms with Gasteiger partial charge < -0.3 is 10.1 Å². The maximum absolute atomic E-state index is 13.3. The van der Waals surface area contributed by atoms with Crippen LogP contribution >= 0.6 is 11.6 Å². The molecule has 0 radical (unpaired) electrons. The standard InChI is InChI=1S/C23H24ClNO2/c1-15-22(2,3)16-11-12-23(15,14-16)21(26)25-19-13-17(24)9-10-20(19)27-18-7-5-4-6-8-18/h4-10,13,16H,1,11-12,14H2,2-3H3,(H,25,26). The SMILES string of the molecule is C=C1C2(C(=O)Nc3cc(Cl)ccc3Oc3ccccc3)CCC(C2)C1(C)C. The zero-order chi connectivity index (χ0) is 19.2. The third kappa shape index (κ3) is 2.94. The number of ether oxygens (including phenoxy) is 1. The minimum absolute atomic E-state index is 0.000698. The highest BCUT2D eigenvalue weighted by Crippen LogP contribution is 2.65. The second kappa shape index (κ2) is 6.42. The van der Waals surface area contributed by atoms with Gasteiger partial charge >= 0.3 is 0 Å². The van der Waals surface area contributed by atoms with Crippen LogP contribution in [0.4, 0.5) is 5.69 Å². The van der Waals surface area contributed by atoms with Gasteiger partial charge in [0.1, 0.15) is 5.75 Å². The fourth-order valence-corrected chi connectivity index (χ4v) is 4.86. The Balaban J connectivity index is 1.62. The van der Waals surface area contributed by atoms with Gasteiger partial charge in [0.05, 0.1) is 11.1 Å². The average molecular weight is 382 g/mol. The molecule has 2 aliphatic rings. The lowest BCUT2D eigenvalue weighted by molar-refractivity contribution is -0.123. The zero-order valence-corrected chi connectivity index (χ0v) is 16.5. The molecule has 2 aromatic rings. The molecule has 4 heteroatoms. The third-order valence-corrected chi connectivity index (χ3v) is 6.72. The van der Waals surface area contributed by atoms with E-state index in [0.717, 1.165) is 24.8 Å². The molecule has 140 valence electrons. The summed E-state index contributed by atoms with van der Waals surface area (Å²) in [5.74, 6) is 1.81. The topological polar surface area (TPSA) is 38.3 Å². The zero-order valence-electron chi connectivity index (χ0n) is 15.7. The van der Waals surface area contributed by atoms with Crippen molar-refractivity contribution in [3.63, 3.8) is 0 Å². The van der Waals surface area contributed by atoms with Crippen molar-refractivity contribution in [1.82, 2.24) is 0 Å². The van der Waals surface area contributed by atoms with Crippen LogP contribution in [-0.2, 0) is 4.79 Å². The second-order valence-corrected chi connectivity index (χ2v) is 8.67. The number of carbonyl (C=O) groups excluding carboxylic acids is 1. The van der Waals surface area contributed by atoms with Crippen molar-refractivity contribution < 1.29 is 9.53 Å². The van der Waals surface area contributed by atoms with Gasteiger partial charge in [-0.2, -0.15) is 0 Å². The Morgan fingerprint density at radius 1 is 1.22 bits per heavy atom. The minimum Gasteiger partial charge on any atom is -0.455 e. The first-order valence-corrected chi connectivity index (χ1v) is 9.74. The van der Waals surface area contributed by atoms with Gasteiger partial charge in [-0.15, -0.1) is 0 Å². The molecular weight excluding hydrogens is 358 g/mol. The van der Waals surface area contributed by atoms with Crippen LogP contribution in [-0.4, -0.2) is 5.91 Å². The molecule has 2 fully saturated rings. The maximum Gasteiger partial charge on any atom is 0.234 e. The molecular formula is C23H24ClNO2. The van der Waals surface area contributed by atoms with Crippen LogP contribution < -0.4 is 10.1 Å². The molecule has 0 aliphatic heterocycles. The van der Waals surface area contributed by atoms with Crippen LogP contribution in [0.1, 0.15) is 33.1 Å². The van der Waals surface area contributed by atoms with E-state index in [1.54, 1.807) is 18.2 Å². The van der Waals surface area contributed by atoms with E-state index in [2.05, 4.69) is 25.7 Å². The van der Waals surface area contributed by atoms with Gasteiger partial charge in [0.25, 0.3) is 0 Å². The van der Waals surface area contributed by atoms with Crippen LogP contribution in [0.3, 0.4) is 0 Å². The Hall–Kier alpha value is -2.26. The summed E-state index contributed by atoms with van der Waals surface area (Å²) >= 11 is 6.19. The monoisotopic (exact) mass is 381 g/mol. The summed E-state index contributed by atoms with van der Waals surface area (Å²) in [6.07, 6.45) is 2.81. The number of anilines is 1. The number of halogens is 1. The van der Waals surface area contributed by atoms with Crippen molar-refractivity contribution in [3.05, 3.63) is 65.7 Å². The van der Waals surface area contributed by atoms with Crippen molar-refractivity contribution in [3.8, 4) is 11.5 Å². The number of nitrogens with one attached hydrogen (secondary N) is 1. The normalized spacial score (nSPS) is 25.4. The van der Waals surface area contributed by atoms with E-state index >= 15 is 0 Å². The quantitative estimate of drug-likeness (QED) is 0.617. The van der Waals surface area contributed by atoms with E-state index in [1.165, 1.54) is 0 Å². The lowest BCUT2D eigenvalue weighted by Gasteiger charge is -2.37. The second-order valence-electron chi connectivity index (χ2n) is 8.23. The summed E-state index contributed by atoms with van der Waals surface area (Å²) in [4.78, 5) is 13.3. The van der Waals surface area contributed by atoms with E-state index < -0.39 is 5.41 Å². The van der Waals surface area contributed by atoms with Crippen molar-refractivity contribution in [2.75, 3.05) is 5.32 Å². The molecule has 2 unspecified atom stereocenters.